The van der Waals surface area contributed by atoms with Crippen LogP contribution in [-0.4, -0.2) is 45.7 Å². The summed E-state index contributed by atoms with van der Waals surface area (Å²) >= 11 is 1.21. The third kappa shape index (κ3) is 7.70. The lowest BCUT2D eigenvalue weighted by molar-refractivity contribution is -0.118. The monoisotopic (exact) mass is 385 g/mol. The maximum Gasteiger partial charge on any atom is 0.410 e. The number of anilines is 1. The van der Waals surface area contributed by atoms with Crippen molar-refractivity contribution in [2.24, 2.45) is 5.92 Å². The van der Waals surface area contributed by atoms with Crippen LogP contribution in [0.15, 0.2) is 6.20 Å². The summed E-state index contributed by atoms with van der Waals surface area (Å²) in [4.78, 5) is 30.4. The lowest BCUT2D eigenvalue weighted by Crippen LogP contribution is -2.39. The summed E-state index contributed by atoms with van der Waals surface area (Å²) in [7, 11) is 0. The number of rotatable bonds is 8. The third-order valence-corrected chi connectivity index (χ3v) is 4.45. The Hall–Kier alpha value is -1.67. The number of aromatic nitrogens is 1. The highest BCUT2D eigenvalue weighted by molar-refractivity contribution is 7.15. The quantitative estimate of drug-likeness (QED) is 0.710. The molecule has 1 aromatic rings. The Labute approximate surface area is 159 Å². The first-order valence-electron chi connectivity index (χ1n) is 8.96. The summed E-state index contributed by atoms with van der Waals surface area (Å²) in [5, 5.41) is 13.7. The Balaban J connectivity index is 2.76. The number of ether oxygens (including phenoxy) is 1. The molecule has 0 saturated carbocycles. The molecule has 0 aliphatic rings. The van der Waals surface area contributed by atoms with Crippen LogP contribution in [0.3, 0.4) is 0 Å². The van der Waals surface area contributed by atoms with Crippen molar-refractivity contribution >= 4 is 28.5 Å². The van der Waals surface area contributed by atoms with Crippen LogP contribution in [0.5, 0.6) is 0 Å². The lowest BCUT2D eigenvalue weighted by Gasteiger charge is -2.28. The second-order valence-corrected chi connectivity index (χ2v) is 8.57. The molecule has 8 heteroatoms. The number of unbranched alkanes of at least 4 members (excludes halogenated alkanes) is 1. The summed E-state index contributed by atoms with van der Waals surface area (Å²) in [5.41, 5.74) is -0.592. The molecule has 2 N–H and O–H groups in total. The van der Waals surface area contributed by atoms with Gasteiger partial charge in [0.25, 0.3) is 0 Å². The van der Waals surface area contributed by atoms with E-state index in [4.69, 9.17) is 4.74 Å². The van der Waals surface area contributed by atoms with Crippen LogP contribution >= 0.6 is 11.3 Å². The molecule has 0 fully saturated rings. The molecule has 0 radical (unpaired) electrons. The first kappa shape index (κ1) is 22.4. The van der Waals surface area contributed by atoms with Crippen molar-refractivity contribution in [2.45, 2.75) is 66.1 Å². The third-order valence-electron chi connectivity index (χ3n) is 3.43. The van der Waals surface area contributed by atoms with Gasteiger partial charge in [0.05, 0.1) is 11.4 Å². The molecular weight excluding hydrogens is 354 g/mol. The highest BCUT2D eigenvalue weighted by Gasteiger charge is 2.25. The van der Waals surface area contributed by atoms with Crippen LogP contribution in [0, 0.1) is 5.92 Å². The molecule has 26 heavy (non-hydrogen) atoms. The molecule has 2 amide bonds. The first-order chi connectivity index (χ1) is 12.0. The van der Waals surface area contributed by atoms with E-state index >= 15 is 0 Å². The van der Waals surface area contributed by atoms with Crippen molar-refractivity contribution in [3.8, 4) is 0 Å². The number of aliphatic hydroxyl groups is 1. The van der Waals surface area contributed by atoms with Gasteiger partial charge in [0.1, 0.15) is 11.7 Å². The van der Waals surface area contributed by atoms with Gasteiger partial charge in [-0.25, -0.2) is 9.78 Å². The Bertz CT molecular complexity index is 596. The molecule has 0 bridgehead atoms. The second kappa shape index (κ2) is 9.87. The number of hydrogen-bond acceptors (Lipinski definition) is 6. The van der Waals surface area contributed by atoms with Crippen LogP contribution in [0.4, 0.5) is 9.93 Å². The van der Waals surface area contributed by atoms with Gasteiger partial charge in [0.2, 0.25) is 5.91 Å². The average molecular weight is 386 g/mol. The molecule has 0 saturated heterocycles. The van der Waals surface area contributed by atoms with E-state index in [0.29, 0.717) is 16.6 Å². The summed E-state index contributed by atoms with van der Waals surface area (Å²) in [5.74, 6) is -0.275. The average Bonchev–Trinajstić information content (AvgIpc) is 2.97. The van der Waals surface area contributed by atoms with E-state index < -0.39 is 17.8 Å². The number of nitrogens with one attached hydrogen (secondary N) is 1. The van der Waals surface area contributed by atoms with Crippen molar-refractivity contribution in [1.82, 2.24) is 9.88 Å². The smallest absolute Gasteiger partial charge is 0.410 e. The molecule has 0 aliphatic carbocycles. The number of hydrogen-bond donors (Lipinski definition) is 2. The first-order valence-corrected chi connectivity index (χ1v) is 9.77. The maximum absolute atomic E-state index is 12.4. The van der Waals surface area contributed by atoms with E-state index in [9.17, 15) is 14.7 Å². The lowest BCUT2D eigenvalue weighted by atomic mass is 10.2. The molecule has 148 valence electrons. The van der Waals surface area contributed by atoms with Gasteiger partial charge in [-0.1, -0.05) is 38.5 Å². The Morgan fingerprint density at radius 3 is 2.58 bits per heavy atom. The van der Waals surface area contributed by atoms with Gasteiger partial charge in [0.15, 0.2) is 5.13 Å². The number of amides is 2. The van der Waals surface area contributed by atoms with Crippen molar-refractivity contribution in [3.05, 3.63) is 11.1 Å². The largest absolute Gasteiger partial charge is 0.444 e. The van der Waals surface area contributed by atoms with Gasteiger partial charge < -0.3 is 20.1 Å². The minimum atomic E-state index is -0.887. The molecule has 7 nitrogen and oxygen atoms in total. The number of carbonyl (C=O) groups is 2. The van der Waals surface area contributed by atoms with Crippen molar-refractivity contribution in [2.75, 3.05) is 18.4 Å². The molecule has 0 spiro atoms. The number of aliphatic hydroxyl groups excluding tert-OH is 1. The highest BCUT2D eigenvalue weighted by atomic mass is 32.1. The van der Waals surface area contributed by atoms with E-state index in [0.717, 1.165) is 12.8 Å². The molecule has 0 aromatic carbocycles. The molecular formula is C18H31N3O4S. The Morgan fingerprint density at radius 2 is 2.04 bits per heavy atom. The second-order valence-electron chi connectivity index (χ2n) is 7.51. The standard InChI is InChI=1S/C18H31N3O4S/c1-7-8-9-21(17(24)25-18(4,5)6)11-13(22)14-10-19-16(26-14)20-15(23)12(2)3/h10,12-13,22H,7-9,11H2,1-6H3,(H,19,20,23). The molecule has 1 rings (SSSR count). The van der Waals surface area contributed by atoms with E-state index in [2.05, 4.69) is 10.3 Å². The Morgan fingerprint density at radius 1 is 1.38 bits per heavy atom. The molecule has 1 unspecified atom stereocenters. The fraction of sp³-hybridized carbons (Fsp3) is 0.722. The summed E-state index contributed by atoms with van der Waals surface area (Å²) < 4.78 is 5.42. The van der Waals surface area contributed by atoms with Gasteiger partial charge in [-0.2, -0.15) is 0 Å². The fourth-order valence-electron chi connectivity index (χ4n) is 1.98. The summed E-state index contributed by atoms with van der Waals surface area (Å²) in [6.07, 6.45) is 1.95. The fourth-order valence-corrected chi connectivity index (χ4v) is 2.78. The van der Waals surface area contributed by atoms with E-state index in [1.54, 1.807) is 13.8 Å². The topological polar surface area (TPSA) is 91.8 Å². The number of nitrogens with zero attached hydrogens (tertiary/aromatic N) is 2. The van der Waals surface area contributed by atoms with Crippen molar-refractivity contribution in [1.29, 1.82) is 0 Å². The molecule has 0 aliphatic heterocycles. The predicted octanol–water partition coefficient (Wildman–Crippen LogP) is 3.81. The number of carbonyl (C=O) groups excluding carboxylic acids is 2. The molecule has 1 aromatic heterocycles. The van der Waals surface area contributed by atoms with Gasteiger partial charge in [-0.3, -0.25) is 4.79 Å². The van der Waals surface area contributed by atoms with Gasteiger partial charge >= 0.3 is 6.09 Å². The van der Waals surface area contributed by atoms with Gasteiger partial charge in [-0.15, -0.1) is 0 Å². The van der Waals surface area contributed by atoms with Gasteiger partial charge in [0, 0.05) is 18.7 Å². The summed E-state index contributed by atoms with van der Waals surface area (Å²) in [6, 6.07) is 0. The van der Waals surface area contributed by atoms with Gasteiger partial charge in [-0.05, 0) is 27.2 Å². The zero-order chi connectivity index (χ0) is 19.9. The minimum Gasteiger partial charge on any atom is -0.444 e. The Kier molecular flexibility index (Phi) is 8.49. The molecule has 1 atom stereocenters. The van der Waals surface area contributed by atoms with Crippen molar-refractivity contribution < 1.29 is 19.4 Å². The van der Waals surface area contributed by atoms with Crippen LogP contribution in [-0.2, 0) is 9.53 Å². The van der Waals surface area contributed by atoms with E-state index in [1.165, 1.54) is 22.4 Å². The predicted molar refractivity (Wildman–Crippen MR) is 103 cm³/mol. The maximum atomic E-state index is 12.4. The minimum absolute atomic E-state index is 0.120. The summed E-state index contributed by atoms with van der Waals surface area (Å²) in [6.45, 7) is 11.7. The molecule has 1 heterocycles. The van der Waals surface area contributed by atoms with Crippen LogP contribution in [0.1, 0.15) is 65.4 Å². The van der Waals surface area contributed by atoms with Crippen LogP contribution in [0.25, 0.3) is 0 Å². The normalized spacial score (nSPS) is 12.8. The van der Waals surface area contributed by atoms with Crippen LogP contribution in [0.2, 0.25) is 0 Å². The SMILES string of the molecule is CCCCN(CC(O)c1cnc(NC(=O)C(C)C)s1)C(=O)OC(C)(C)C. The van der Waals surface area contributed by atoms with Crippen LogP contribution < -0.4 is 5.32 Å². The van der Waals surface area contributed by atoms with Crippen molar-refractivity contribution in [3.63, 3.8) is 0 Å². The zero-order valence-corrected chi connectivity index (χ0v) is 17.4. The van der Waals surface area contributed by atoms with E-state index in [1.807, 2.05) is 27.7 Å². The van der Waals surface area contributed by atoms with E-state index in [-0.39, 0.29) is 18.4 Å². The highest BCUT2D eigenvalue weighted by Crippen LogP contribution is 2.26. The number of thiazole rings is 1. The zero-order valence-electron chi connectivity index (χ0n) is 16.5.